The highest BCUT2D eigenvalue weighted by Gasteiger charge is 2.39. The largest absolute Gasteiger partial charge is 0.382 e. The molecule has 0 radical (unpaired) electrons. The van der Waals surface area contributed by atoms with Gasteiger partial charge < -0.3 is 10.2 Å². The van der Waals surface area contributed by atoms with E-state index in [1.54, 1.807) is 0 Å². The van der Waals surface area contributed by atoms with Gasteiger partial charge in [-0.15, -0.1) is 0 Å². The molecule has 2 nitrogen and oxygen atoms in total. The number of rotatable bonds is 3. The third kappa shape index (κ3) is 3.26. The smallest absolute Gasteiger partial charge is 0.137 e. The molecule has 2 fully saturated rings. The average Bonchev–Trinajstić information content (AvgIpc) is 2.42. The summed E-state index contributed by atoms with van der Waals surface area (Å²) in [6.07, 6.45) is 3.96. The number of nitrogens with one attached hydrogen (secondary N) is 1. The first-order valence-corrected chi connectivity index (χ1v) is 8.79. The van der Waals surface area contributed by atoms with E-state index in [2.05, 4.69) is 40.0 Å². The fraction of sp³-hybridized carbons (Fsp3) is 0.647. The number of hydrogen-bond acceptors (Lipinski definition) is 2. The van der Waals surface area contributed by atoms with Crippen LogP contribution in [0.4, 0.5) is 10.1 Å². The van der Waals surface area contributed by atoms with Gasteiger partial charge in [-0.25, -0.2) is 4.39 Å². The van der Waals surface area contributed by atoms with Crippen LogP contribution in [0.25, 0.3) is 0 Å². The van der Waals surface area contributed by atoms with Crippen molar-refractivity contribution in [3.05, 3.63) is 28.5 Å². The third-order valence-electron chi connectivity index (χ3n) is 5.09. The lowest BCUT2D eigenvalue weighted by Gasteiger charge is -2.49. The lowest BCUT2D eigenvalue weighted by Crippen LogP contribution is -2.56. The number of anilines is 1. The standard InChI is InChI=1S/C17H24BrFN2/c1-11(2)21-9-12-4-3-5-13(10-21)17(12)20-14-6-7-16(19)15(18)8-14/h6-8,11-13,17,20H,3-5,9-10H2,1-2H3. The number of fused-ring (bicyclic) bond motifs is 2. The van der Waals surface area contributed by atoms with Crippen molar-refractivity contribution in [1.29, 1.82) is 0 Å². The van der Waals surface area contributed by atoms with E-state index in [0.29, 0.717) is 28.4 Å². The maximum absolute atomic E-state index is 13.4. The SMILES string of the molecule is CC(C)N1CC2CCCC(C1)C2Nc1ccc(F)c(Br)c1. The van der Waals surface area contributed by atoms with Crippen LogP contribution in [0.15, 0.2) is 22.7 Å². The highest BCUT2D eigenvalue weighted by atomic mass is 79.9. The van der Waals surface area contributed by atoms with Crippen LogP contribution < -0.4 is 5.32 Å². The van der Waals surface area contributed by atoms with Gasteiger partial charge in [-0.2, -0.15) is 0 Å². The third-order valence-corrected chi connectivity index (χ3v) is 5.69. The highest BCUT2D eigenvalue weighted by molar-refractivity contribution is 9.10. The van der Waals surface area contributed by atoms with Crippen LogP contribution >= 0.6 is 15.9 Å². The predicted octanol–water partition coefficient (Wildman–Crippen LogP) is 4.51. The number of hydrogen-bond donors (Lipinski definition) is 1. The first-order valence-electron chi connectivity index (χ1n) is 8.00. The van der Waals surface area contributed by atoms with Crippen LogP contribution in [0.5, 0.6) is 0 Å². The van der Waals surface area contributed by atoms with Gasteiger partial charge in [0.15, 0.2) is 0 Å². The van der Waals surface area contributed by atoms with Gasteiger partial charge in [-0.3, -0.25) is 0 Å². The molecule has 1 N–H and O–H groups in total. The summed E-state index contributed by atoms with van der Waals surface area (Å²) >= 11 is 3.28. The molecule has 2 atom stereocenters. The topological polar surface area (TPSA) is 15.3 Å². The van der Waals surface area contributed by atoms with Crippen LogP contribution in [0.2, 0.25) is 0 Å². The van der Waals surface area contributed by atoms with E-state index in [1.165, 1.54) is 38.4 Å². The molecule has 2 unspecified atom stereocenters. The lowest BCUT2D eigenvalue weighted by molar-refractivity contribution is 0.0518. The molecule has 1 aromatic carbocycles. The maximum Gasteiger partial charge on any atom is 0.137 e. The van der Waals surface area contributed by atoms with Crippen molar-refractivity contribution in [3.63, 3.8) is 0 Å². The second kappa shape index (κ2) is 6.25. The fourth-order valence-corrected chi connectivity index (χ4v) is 4.29. The summed E-state index contributed by atoms with van der Waals surface area (Å²) in [5.41, 5.74) is 1.03. The van der Waals surface area contributed by atoms with Crippen molar-refractivity contribution in [2.75, 3.05) is 18.4 Å². The van der Waals surface area contributed by atoms with E-state index in [4.69, 9.17) is 0 Å². The van der Waals surface area contributed by atoms with E-state index >= 15 is 0 Å². The lowest BCUT2D eigenvalue weighted by atomic mass is 9.73. The zero-order chi connectivity index (χ0) is 15.0. The molecule has 1 aromatic rings. The van der Waals surface area contributed by atoms with E-state index < -0.39 is 0 Å². The van der Waals surface area contributed by atoms with Gasteiger partial charge in [0.05, 0.1) is 4.47 Å². The summed E-state index contributed by atoms with van der Waals surface area (Å²) in [5, 5.41) is 3.69. The van der Waals surface area contributed by atoms with Crippen LogP contribution in [0, 0.1) is 17.7 Å². The quantitative estimate of drug-likeness (QED) is 0.858. The van der Waals surface area contributed by atoms with E-state index in [9.17, 15) is 4.39 Å². The minimum Gasteiger partial charge on any atom is -0.382 e. The molecule has 3 rings (SSSR count). The van der Waals surface area contributed by atoms with Gasteiger partial charge in [-0.1, -0.05) is 6.42 Å². The Balaban J connectivity index is 1.74. The van der Waals surface area contributed by atoms with Crippen molar-refractivity contribution < 1.29 is 4.39 Å². The minimum absolute atomic E-state index is 0.199. The Hall–Kier alpha value is -0.610. The molecular weight excluding hydrogens is 331 g/mol. The zero-order valence-electron chi connectivity index (χ0n) is 12.8. The Bertz CT molecular complexity index is 492. The van der Waals surface area contributed by atoms with Crippen LogP contribution in [-0.4, -0.2) is 30.1 Å². The summed E-state index contributed by atoms with van der Waals surface area (Å²) in [6.45, 7) is 6.96. The summed E-state index contributed by atoms with van der Waals surface area (Å²) in [5.74, 6) is 1.22. The fourth-order valence-electron chi connectivity index (χ4n) is 3.91. The average molecular weight is 355 g/mol. The van der Waals surface area contributed by atoms with Gasteiger partial charge in [0.2, 0.25) is 0 Å². The molecule has 0 spiro atoms. The molecule has 4 heteroatoms. The van der Waals surface area contributed by atoms with Gasteiger partial charge in [0.1, 0.15) is 5.82 Å². The van der Waals surface area contributed by atoms with E-state index in [0.717, 1.165) is 5.69 Å². The number of nitrogens with zero attached hydrogens (tertiary/aromatic N) is 1. The molecule has 1 aliphatic carbocycles. The molecular formula is C17H24BrFN2. The molecule has 2 aliphatic rings. The van der Waals surface area contributed by atoms with E-state index in [1.807, 2.05) is 12.1 Å². The van der Waals surface area contributed by atoms with Gasteiger partial charge in [-0.05, 0) is 72.7 Å². The number of benzene rings is 1. The summed E-state index contributed by atoms with van der Waals surface area (Å²) in [4.78, 5) is 2.62. The van der Waals surface area contributed by atoms with Crippen LogP contribution in [0.1, 0.15) is 33.1 Å². The van der Waals surface area contributed by atoms with Gasteiger partial charge in [0, 0.05) is 30.9 Å². The molecule has 0 amide bonds. The van der Waals surface area contributed by atoms with Gasteiger partial charge >= 0.3 is 0 Å². The minimum atomic E-state index is -0.199. The van der Waals surface area contributed by atoms with Gasteiger partial charge in [0.25, 0.3) is 0 Å². The molecule has 1 aliphatic heterocycles. The zero-order valence-corrected chi connectivity index (χ0v) is 14.4. The van der Waals surface area contributed by atoms with Crippen molar-refractivity contribution in [1.82, 2.24) is 4.90 Å². The summed E-state index contributed by atoms with van der Waals surface area (Å²) < 4.78 is 13.9. The molecule has 1 saturated heterocycles. The van der Waals surface area contributed by atoms with Crippen molar-refractivity contribution in [3.8, 4) is 0 Å². The van der Waals surface area contributed by atoms with Crippen LogP contribution in [-0.2, 0) is 0 Å². The predicted molar refractivity (Wildman–Crippen MR) is 89.1 cm³/mol. The Morgan fingerprint density at radius 2 is 1.90 bits per heavy atom. The monoisotopic (exact) mass is 354 g/mol. The summed E-state index contributed by atoms with van der Waals surface area (Å²) in [7, 11) is 0. The van der Waals surface area contributed by atoms with Crippen molar-refractivity contribution >= 4 is 21.6 Å². The maximum atomic E-state index is 13.4. The second-order valence-corrected chi connectivity index (χ2v) is 7.65. The van der Waals surface area contributed by atoms with Crippen molar-refractivity contribution in [2.45, 2.75) is 45.2 Å². The van der Waals surface area contributed by atoms with Crippen LogP contribution in [0.3, 0.4) is 0 Å². The Morgan fingerprint density at radius 1 is 1.24 bits per heavy atom. The molecule has 2 bridgehead atoms. The summed E-state index contributed by atoms with van der Waals surface area (Å²) in [6, 6.07) is 6.41. The molecule has 0 aromatic heterocycles. The molecule has 21 heavy (non-hydrogen) atoms. The number of halogens is 2. The molecule has 116 valence electrons. The van der Waals surface area contributed by atoms with E-state index in [-0.39, 0.29) is 5.82 Å². The number of likely N-dealkylation sites (tertiary alicyclic amines) is 1. The molecule has 1 saturated carbocycles. The first kappa shape index (κ1) is 15.3. The first-order chi connectivity index (χ1) is 10.0. The molecule has 1 heterocycles. The normalized spacial score (nSPS) is 29.7. The Labute approximate surface area is 135 Å². The Morgan fingerprint density at radius 3 is 2.48 bits per heavy atom. The Kier molecular flexibility index (Phi) is 4.55. The second-order valence-electron chi connectivity index (χ2n) is 6.80. The number of piperidine rings is 1. The highest BCUT2D eigenvalue weighted by Crippen LogP contribution is 2.37. The van der Waals surface area contributed by atoms with Crippen molar-refractivity contribution in [2.24, 2.45) is 11.8 Å².